The molecule has 0 aliphatic carbocycles. The van der Waals surface area contributed by atoms with E-state index in [0.717, 1.165) is 0 Å². The number of carbonyl (C=O) groups is 1. The quantitative estimate of drug-likeness (QED) is 0.715. The fraction of sp³-hybridized carbons (Fsp3) is 0.312. The van der Waals surface area contributed by atoms with Gasteiger partial charge in [0.1, 0.15) is 12.7 Å². The zero-order valence-corrected chi connectivity index (χ0v) is 13.3. The molecule has 8 heteroatoms. The molecular formula is C16H18N6O2. The van der Waals surface area contributed by atoms with Gasteiger partial charge in [0.25, 0.3) is 5.56 Å². The average molecular weight is 326 g/mol. The van der Waals surface area contributed by atoms with Gasteiger partial charge in [0.15, 0.2) is 0 Å². The Morgan fingerprint density at radius 1 is 1.29 bits per heavy atom. The monoisotopic (exact) mass is 326 g/mol. The van der Waals surface area contributed by atoms with E-state index in [1.54, 1.807) is 29.2 Å². The topological polar surface area (TPSA) is 94.7 Å². The van der Waals surface area contributed by atoms with E-state index < -0.39 is 0 Å². The zero-order chi connectivity index (χ0) is 16.9. The second-order valence-electron chi connectivity index (χ2n) is 5.60. The van der Waals surface area contributed by atoms with Crippen molar-refractivity contribution in [1.29, 1.82) is 0 Å². The highest BCUT2D eigenvalue weighted by Crippen LogP contribution is 2.04. The molecule has 24 heavy (non-hydrogen) atoms. The summed E-state index contributed by atoms with van der Waals surface area (Å²) in [6, 6.07) is 7.09. The molecule has 0 unspecified atom stereocenters. The average Bonchev–Trinajstić information content (AvgIpc) is 3.07. The Bertz CT molecular complexity index is 887. The predicted molar refractivity (Wildman–Crippen MR) is 88.2 cm³/mol. The second kappa shape index (κ2) is 7.03. The number of carbonyl (C=O) groups excluding carboxylic acids is 1. The van der Waals surface area contributed by atoms with Crippen LogP contribution in [0.3, 0.4) is 0 Å². The van der Waals surface area contributed by atoms with Gasteiger partial charge in [-0.15, -0.1) is 0 Å². The van der Waals surface area contributed by atoms with E-state index in [1.165, 1.54) is 17.2 Å². The molecule has 2 aromatic heterocycles. The van der Waals surface area contributed by atoms with Crippen LogP contribution in [-0.2, 0) is 17.9 Å². The molecule has 8 nitrogen and oxygen atoms in total. The number of hydrogen-bond donors (Lipinski definition) is 1. The lowest BCUT2D eigenvalue weighted by molar-refractivity contribution is -0.122. The summed E-state index contributed by atoms with van der Waals surface area (Å²) in [4.78, 5) is 32.5. The lowest BCUT2D eigenvalue weighted by Crippen LogP contribution is -2.36. The van der Waals surface area contributed by atoms with Gasteiger partial charge >= 0.3 is 0 Å². The molecule has 0 saturated heterocycles. The molecule has 124 valence electrons. The molecule has 0 aliphatic heterocycles. The van der Waals surface area contributed by atoms with Crippen LogP contribution in [0.2, 0.25) is 0 Å². The molecule has 2 heterocycles. The van der Waals surface area contributed by atoms with Crippen molar-refractivity contribution in [3.63, 3.8) is 0 Å². The van der Waals surface area contributed by atoms with E-state index in [2.05, 4.69) is 20.4 Å². The summed E-state index contributed by atoms with van der Waals surface area (Å²) in [6.07, 6.45) is 4.75. The molecule has 0 radical (unpaired) electrons. The van der Waals surface area contributed by atoms with Crippen molar-refractivity contribution < 1.29 is 4.79 Å². The van der Waals surface area contributed by atoms with Crippen molar-refractivity contribution in [3.05, 3.63) is 53.6 Å². The van der Waals surface area contributed by atoms with Gasteiger partial charge in [0, 0.05) is 19.0 Å². The molecule has 1 atom stereocenters. The lowest BCUT2D eigenvalue weighted by Gasteiger charge is -2.14. The third-order valence-electron chi connectivity index (χ3n) is 3.65. The number of aromatic nitrogens is 5. The van der Waals surface area contributed by atoms with Crippen molar-refractivity contribution >= 4 is 16.8 Å². The number of nitrogens with zero attached hydrogens (tertiary/aromatic N) is 5. The van der Waals surface area contributed by atoms with E-state index in [1.807, 2.05) is 13.0 Å². The van der Waals surface area contributed by atoms with Crippen LogP contribution in [0.25, 0.3) is 10.9 Å². The van der Waals surface area contributed by atoms with Gasteiger partial charge in [-0.2, -0.15) is 5.10 Å². The highest BCUT2D eigenvalue weighted by Gasteiger charge is 2.10. The number of para-hydroxylation sites is 1. The van der Waals surface area contributed by atoms with Crippen molar-refractivity contribution in [2.24, 2.45) is 0 Å². The minimum absolute atomic E-state index is 0.0781. The minimum Gasteiger partial charge on any atom is -0.352 e. The maximum absolute atomic E-state index is 12.3. The van der Waals surface area contributed by atoms with Crippen LogP contribution >= 0.6 is 0 Å². The number of benzene rings is 1. The van der Waals surface area contributed by atoms with Gasteiger partial charge in [0.05, 0.1) is 23.8 Å². The molecular weight excluding hydrogens is 308 g/mol. The number of nitrogens with one attached hydrogen (secondary N) is 1. The molecule has 1 amide bonds. The Morgan fingerprint density at radius 2 is 2.12 bits per heavy atom. The third kappa shape index (κ3) is 3.65. The van der Waals surface area contributed by atoms with Gasteiger partial charge in [0.2, 0.25) is 5.91 Å². The SMILES string of the molecule is C[C@@H](Cn1cncn1)NC(=O)CCn1cnc2ccccc2c1=O. The molecule has 1 N–H and O–H groups in total. The van der Waals surface area contributed by atoms with Crippen LogP contribution in [-0.4, -0.2) is 36.3 Å². The number of amides is 1. The molecule has 0 aliphatic rings. The summed E-state index contributed by atoms with van der Waals surface area (Å²) in [5, 5.41) is 7.44. The Morgan fingerprint density at radius 3 is 2.92 bits per heavy atom. The van der Waals surface area contributed by atoms with Crippen LogP contribution in [0.5, 0.6) is 0 Å². The Labute approximate surface area is 138 Å². The highest BCUT2D eigenvalue weighted by molar-refractivity contribution is 5.77. The number of hydrogen-bond acceptors (Lipinski definition) is 5. The van der Waals surface area contributed by atoms with Crippen LogP contribution < -0.4 is 10.9 Å². The minimum atomic E-state index is -0.135. The summed E-state index contributed by atoms with van der Waals surface area (Å²) in [7, 11) is 0. The smallest absolute Gasteiger partial charge is 0.261 e. The molecule has 0 saturated carbocycles. The number of rotatable bonds is 6. The first kappa shape index (κ1) is 15.9. The maximum Gasteiger partial charge on any atom is 0.261 e. The first-order chi connectivity index (χ1) is 11.6. The molecule has 0 spiro atoms. The van der Waals surface area contributed by atoms with Crippen molar-refractivity contribution in [3.8, 4) is 0 Å². The Hall–Kier alpha value is -3.03. The van der Waals surface area contributed by atoms with E-state index in [-0.39, 0.29) is 23.9 Å². The summed E-state index contributed by atoms with van der Waals surface area (Å²) in [6.45, 7) is 2.73. The second-order valence-corrected chi connectivity index (χ2v) is 5.60. The standard InChI is InChI=1S/C16H18N6O2/c1-12(8-22-10-17-9-19-22)20-15(23)6-7-21-11-18-14-5-3-2-4-13(14)16(21)24/h2-5,9-12H,6-8H2,1H3,(H,20,23)/t12-/m0/s1. The number of fused-ring (bicyclic) bond motifs is 1. The molecule has 1 aromatic carbocycles. The van der Waals surface area contributed by atoms with E-state index in [4.69, 9.17) is 0 Å². The van der Waals surface area contributed by atoms with Crippen molar-refractivity contribution in [2.45, 2.75) is 32.5 Å². The first-order valence-electron chi connectivity index (χ1n) is 7.69. The largest absolute Gasteiger partial charge is 0.352 e. The Kier molecular flexibility index (Phi) is 4.64. The van der Waals surface area contributed by atoms with Crippen molar-refractivity contribution in [1.82, 2.24) is 29.6 Å². The van der Waals surface area contributed by atoms with Gasteiger partial charge < -0.3 is 5.32 Å². The van der Waals surface area contributed by atoms with Crippen LogP contribution in [0.1, 0.15) is 13.3 Å². The van der Waals surface area contributed by atoms with Crippen LogP contribution in [0.4, 0.5) is 0 Å². The fourth-order valence-corrected chi connectivity index (χ4v) is 2.49. The van der Waals surface area contributed by atoms with Gasteiger partial charge in [-0.25, -0.2) is 9.97 Å². The summed E-state index contributed by atoms with van der Waals surface area (Å²) in [5.41, 5.74) is 0.522. The number of aryl methyl sites for hydroxylation is 1. The Balaban J connectivity index is 1.58. The van der Waals surface area contributed by atoms with Gasteiger partial charge in [-0.1, -0.05) is 12.1 Å². The summed E-state index contributed by atoms with van der Waals surface area (Å²) in [5.74, 6) is -0.123. The molecule has 0 fully saturated rings. The lowest BCUT2D eigenvalue weighted by atomic mass is 10.2. The highest BCUT2D eigenvalue weighted by atomic mass is 16.2. The van der Waals surface area contributed by atoms with Gasteiger partial charge in [-0.3, -0.25) is 18.8 Å². The zero-order valence-electron chi connectivity index (χ0n) is 13.3. The maximum atomic E-state index is 12.3. The van der Waals surface area contributed by atoms with Crippen LogP contribution in [0.15, 0.2) is 48.0 Å². The van der Waals surface area contributed by atoms with Gasteiger partial charge in [-0.05, 0) is 19.1 Å². The van der Waals surface area contributed by atoms with E-state index in [9.17, 15) is 9.59 Å². The fourth-order valence-electron chi connectivity index (χ4n) is 2.49. The third-order valence-corrected chi connectivity index (χ3v) is 3.65. The van der Waals surface area contributed by atoms with Crippen LogP contribution in [0, 0.1) is 0 Å². The molecule has 0 bridgehead atoms. The van der Waals surface area contributed by atoms with E-state index in [0.29, 0.717) is 24.0 Å². The summed E-state index contributed by atoms with van der Waals surface area (Å²) >= 11 is 0. The van der Waals surface area contributed by atoms with E-state index >= 15 is 0 Å². The first-order valence-corrected chi connectivity index (χ1v) is 7.69. The molecule has 3 rings (SSSR count). The predicted octanol–water partition coefficient (Wildman–Crippen LogP) is 0.583. The van der Waals surface area contributed by atoms with Crippen molar-refractivity contribution in [2.75, 3.05) is 0 Å². The normalized spacial score (nSPS) is 12.2. The summed E-state index contributed by atoms with van der Waals surface area (Å²) < 4.78 is 3.12. The molecule has 3 aromatic rings.